The van der Waals surface area contributed by atoms with Crippen molar-refractivity contribution in [3.63, 3.8) is 0 Å². The first kappa shape index (κ1) is 16.6. The molecule has 0 aliphatic carbocycles. The lowest BCUT2D eigenvalue weighted by molar-refractivity contribution is 0.0734. The summed E-state index contributed by atoms with van der Waals surface area (Å²) in [6.07, 6.45) is 0. The number of rotatable bonds is 4. The molecule has 0 saturated carbocycles. The first-order valence-electron chi connectivity index (χ1n) is 7.50. The minimum absolute atomic E-state index is 0.279. The van der Waals surface area contributed by atoms with Crippen LogP contribution in [0.2, 0.25) is 0 Å². The summed E-state index contributed by atoms with van der Waals surface area (Å²) in [7, 11) is 3.00. The Bertz CT molecular complexity index is 1000. The molecule has 0 atom stereocenters. The fourth-order valence-electron chi connectivity index (χ4n) is 2.50. The molecular weight excluding hydrogens is 324 g/mol. The number of hydrogen-bond donors (Lipinski definition) is 0. The fourth-order valence-corrected chi connectivity index (χ4v) is 2.50. The van der Waals surface area contributed by atoms with Crippen LogP contribution in [0.3, 0.4) is 0 Å². The average molecular weight is 340 g/mol. The summed E-state index contributed by atoms with van der Waals surface area (Å²) >= 11 is 0. The number of aryl methyl sites for hydroxylation is 1. The molecule has 0 N–H and O–H groups in total. The second kappa shape index (κ2) is 6.68. The van der Waals surface area contributed by atoms with Crippen LogP contribution in [0.4, 0.5) is 0 Å². The van der Waals surface area contributed by atoms with Gasteiger partial charge < -0.3 is 18.6 Å². The number of esters is 1. The molecular formula is C19H16O6. The molecule has 6 heteroatoms. The first-order valence-corrected chi connectivity index (χ1v) is 7.50. The van der Waals surface area contributed by atoms with Crippen LogP contribution in [-0.2, 0) is 0 Å². The van der Waals surface area contributed by atoms with E-state index in [4.69, 9.17) is 18.6 Å². The third kappa shape index (κ3) is 3.33. The quantitative estimate of drug-likeness (QED) is 0.412. The van der Waals surface area contributed by atoms with Gasteiger partial charge in [0.25, 0.3) is 0 Å². The Labute approximate surface area is 143 Å². The topological polar surface area (TPSA) is 75.0 Å². The summed E-state index contributed by atoms with van der Waals surface area (Å²) in [5.74, 6) is 0.662. The summed E-state index contributed by atoms with van der Waals surface area (Å²) in [4.78, 5) is 23.8. The second-order valence-corrected chi connectivity index (χ2v) is 5.37. The van der Waals surface area contributed by atoms with Crippen LogP contribution < -0.4 is 19.8 Å². The maximum Gasteiger partial charge on any atom is 0.343 e. The van der Waals surface area contributed by atoms with E-state index in [9.17, 15) is 9.59 Å². The summed E-state index contributed by atoms with van der Waals surface area (Å²) < 4.78 is 20.8. The van der Waals surface area contributed by atoms with Crippen molar-refractivity contribution in [3.8, 4) is 17.2 Å². The van der Waals surface area contributed by atoms with Gasteiger partial charge in [0.2, 0.25) is 0 Å². The molecule has 1 aromatic heterocycles. The van der Waals surface area contributed by atoms with Gasteiger partial charge in [-0.15, -0.1) is 0 Å². The van der Waals surface area contributed by atoms with Crippen molar-refractivity contribution in [2.45, 2.75) is 6.92 Å². The summed E-state index contributed by atoms with van der Waals surface area (Å²) in [6, 6.07) is 11.1. The Hall–Kier alpha value is -3.28. The predicted molar refractivity (Wildman–Crippen MR) is 91.7 cm³/mol. The zero-order valence-corrected chi connectivity index (χ0v) is 14.0. The zero-order chi connectivity index (χ0) is 18.0. The smallest absolute Gasteiger partial charge is 0.343 e. The first-order chi connectivity index (χ1) is 12.0. The largest absolute Gasteiger partial charge is 0.493 e. The fraction of sp³-hybridized carbons (Fsp3) is 0.158. The molecule has 0 unspecified atom stereocenters. The van der Waals surface area contributed by atoms with E-state index in [2.05, 4.69) is 0 Å². The lowest BCUT2D eigenvalue weighted by Gasteiger charge is -2.10. The van der Waals surface area contributed by atoms with Crippen LogP contribution in [0.25, 0.3) is 11.0 Å². The number of carbonyl (C=O) groups is 1. The van der Waals surface area contributed by atoms with Gasteiger partial charge in [-0.2, -0.15) is 0 Å². The molecule has 128 valence electrons. The molecule has 0 aliphatic heterocycles. The lowest BCUT2D eigenvalue weighted by atomic mass is 10.1. The molecule has 3 aromatic rings. The van der Waals surface area contributed by atoms with Crippen molar-refractivity contribution in [2.24, 2.45) is 0 Å². The van der Waals surface area contributed by atoms with Gasteiger partial charge in [-0.05, 0) is 42.8 Å². The molecule has 0 amide bonds. The van der Waals surface area contributed by atoms with Crippen LogP contribution in [0.15, 0.2) is 51.7 Å². The molecule has 1 heterocycles. The van der Waals surface area contributed by atoms with Gasteiger partial charge in [0.1, 0.15) is 11.3 Å². The van der Waals surface area contributed by atoms with Gasteiger partial charge in [-0.25, -0.2) is 9.59 Å². The Kier molecular flexibility index (Phi) is 4.43. The van der Waals surface area contributed by atoms with E-state index >= 15 is 0 Å². The molecule has 0 aliphatic rings. The SMILES string of the molecule is COc1ccc(C(=O)Oc2ccc3c(C)cc(=O)oc3c2)cc1OC. The predicted octanol–water partition coefficient (Wildman–Crippen LogP) is 3.34. The zero-order valence-electron chi connectivity index (χ0n) is 14.0. The molecule has 0 saturated heterocycles. The number of benzene rings is 2. The number of carbonyl (C=O) groups excluding carboxylic acids is 1. The van der Waals surface area contributed by atoms with Crippen molar-refractivity contribution in [2.75, 3.05) is 14.2 Å². The molecule has 2 aromatic carbocycles. The molecule has 25 heavy (non-hydrogen) atoms. The molecule has 0 spiro atoms. The standard InChI is InChI=1S/C19H16O6/c1-11-8-18(20)25-16-10-13(5-6-14(11)16)24-19(21)12-4-7-15(22-2)17(9-12)23-3/h4-10H,1-3H3. The van der Waals surface area contributed by atoms with Gasteiger partial charge in [0, 0.05) is 17.5 Å². The van der Waals surface area contributed by atoms with Crippen LogP contribution in [0, 0.1) is 6.92 Å². The minimum Gasteiger partial charge on any atom is -0.493 e. The molecule has 3 rings (SSSR count). The molecule has 0 bridgehead atoms. The van der Waals surface area contributed by atoms with Gasteiger partial charge in [-0.1, -0.05) is 0 Å². The van der Waals surface area contributed by atoms with E-state index in [1.54, 1.807) is 24.3 Å². The van der Waals surface area contributed by atoms with Crippen LogP contribution in [-0.4, -0.2) is 20.2 Å². The highest BCUT2D eigenvalue weighted by Crippen LogP contribution is 2.28. The summed E-state index contributed by atoms with van der Waals surface area (Å²) in [5.41, 5.74) is 1.02. The highest BCUT2D eigenvalue weighted by molar-refractivity contribution is 5.92. The number of fused-ring (bicyclic) bond motifs is 1. The third-order valence-corrected chi connectivity index (χ3v) is 3.75. The summed E-state index contributed by atoms with van der Waals surface area (Å²) in [5, 5.41) is 0.783. The van der Waals surface area contributed by atoms with Crippen LogP contribution in [0.5, 0.6) is 17.2 Å². The monoisotopic (exact) mass is 340 g/mol. The Morgan fingerprint density at radius 3 is 2.44 bits per heavy atom. The molecule has 6 nitrogen and oxygen atoms in total. The van der Waals surface area contributed by atoms with Crippen LogP contribution >= 0.6 is 0 Å². The lowest BCUT2D eigenvalue weighted by Crippen LogP contribution is -2.09. The molecule has 0 radical (unpaired) electrons. The number of ether oxygens (including phenoxy) is 3. The van der Waals surface area contributed by atoms with E-state index in [1.165, 1.54) is 32.4 Å². The van der Waals surface area contributed by atoms with E-state index < -0.39 is 11.6 Å². The number of methoxy groups -OCH3 is 2. The highest BCUT2D eigenvalue weighted by atomic mass is 16.5. The Balaban J connectivity index is 1.90. The van der Waals surface area contributed by atoms with Crippen molar-refractivity contribution in [1.29, 1.82) is 0 Å². The Morgan fingerprint density at radius 1 is 0.960 bits per heavy atom. The van der Waals surface area contributed by atoms with E-state index in [-0.39, 0.29) is 5.75 Å². The van der Waals surface area contributed by atoms with Gasteiger partial charge in [-0.3, -0.25) is 0 Å². The van der Waals surface area contributed by atoms with Gasteiger partial charge in [0.05, 0.1) is 19.8 Å². The summed E-state index contributed by atoms with van der Waals surface area (Å²) in [6.45, 7) is 1.81. The van der Waals surface area contributed by atoms with Gasteiger partial charge >= 0.3 is 11.6 Å². The van der Waals surface area contributed by atoms with Crippen molar-refractivity contribution >= 4 is 16.9 Å². The maximum atomic E-state index is 12.3. The van der Waals surface area contributed by atoms with E-state index in [0.29, 0.717) is 22.6 Å². The van der Waals surface area contributed by atoms with Crippen molar-refractivity contribution < 1.29 is 23.4 Å². The maximum absolute atomic E-state index is 12.3. The van der Waals surface area contributed by atoms with Crippen molar-refractivity contribution in [3.05, 3.63) is 64.0 Å². The van der Waals surface area contributed by atoms with Gasteiger partial charge in [0.15, 0.2) is 11.5 Å². The van der Waals surface area contributed by atoms with Crippen LogP contribution in [0.1, 0.15) is 15.9 Å². The highest BCUT2D eigenvalue weighted by Gasteiger charge is 2.14. The normalized spacial score (nSPS) is 10.5. The number of hydrogen-bond acceptors (Lipinski definition) is 6. The van der Waals surface area contributed by atoms with E-state index in [0.717, 1.165) is 10.9 Å². The Morgan fingerprint density at radius 2 is 1.72 bits per heavy atom. The third-order valence-electron chi connectivity index (χ3n) is 3.75. The molecule has 0 fully saturated rings. The second-order valence-electron chi connectivity index (χ2n) is 5.37. The van der Waals surface area contributed by atoms with Crippen molar-refractivity contribution in [1.82, 2.24) is 0 Å². The average Bonchev–Trinajstić information content (AvgIpc) is 2.60. The minimum atomic E-state index is -0.560. The van der Waals surface area contributed by atoms with E-state index in [1.807, 2.05) is 6.92 Å².